The lowest BCUT2D eigenvalue weighted by Crippen LogP contribution is -2.28. The van der Waals surface area contributed by atoms with Crippen molar-refractivity contribution >= 4 is 17.2 Å². The number of carbonyl (C=O) groups excluding carboxylic acids is 1. The predicted octanol–water partition coefficient (Wildman–Crippen LogP) is 4.89. The van der Waals surface area contributed by atoms with Crippen LogP contribution in [0.1, 0.15) is 52.2 Å². The Morgan fingerprint density at radius 3 is 2.68 bits per heavy atom. The summed E-state index contributed by atoms with van der Waals surface area (Å²) in [4.78, 5) is 22.4. The van der Waals surface area contributed by atoms with Crippen LogP contribution in [0.4, 0.5) is 0 Å². The number of hydrogen-bond acceptors (Lipinski definition) is 3. The molecule has 0 aliphatic heterocycles. The summed E-state index contributed by atoms with van der Waals surface area (Å²) >= 11 is 1.55. The molecule has 2 aromatic heterocycles. The number of imidazole rings is 1. The number of aromatic amines is 1. The van der Waals surface area contributed by atoms with Gasteiger partial charge in [-0.3, -0.25) is 4.79 Å². The highest BCUT2D eigenvalue weighted by Gasteiger charge is 2.19. The number of H-pyrrole nitrogens is 1. The van der Waals surface area contributed by atoms with E-state index in [4.69, 9.17) is 0 Å². The molecule has 4 nitrogen and oxygen atoms in total. The summed E-state index contributed by atoms with van der Waals surface area (Å²) in [5.74, 6) is 0.760. The van der Waals surface area contributed by atoms with E-state index in [0.29, 0.717) is 0 Å². The zero-order valence-corrected chi connectivity index (χ0v) is 15.6. The molecule has 0 spiro atoms. The van der Waals surface area contributed by atoms with Gasteiger partial charge >= 0.3 is 0 Å². The van der Waals surface area contributed by atoms with Crippen molar-refractivity contribution in [2.75, 3.05) is 0 Å². The first-order valence-corrected chi connectivity index (χ1v) is 9.44. The van der Waals surface area contributed by atoms with Crippen LogP contribution in [-0.2, 0) is 6.42 Å². The molecule has 0 fully saturated rings. The molecule has 0 bridgehead atoms. The van der Waals surface area contributed by atoms with Crippen LogP contribution < -0.4 is 5.32 Å². The Hall–Kier alpha value is -2.40. The van der Waals surface area contributed by atoms with Crippen molar-refractivity contribution in [3.63, 3.8) is 0 Å². The van der Waals surface area contributed by atoms with Gasteiger partial charge in [-0.1, -0.05) is 44.2 Å². The van der Waals surface area contributed by atoms with Gasteiger partial charge in [0, 0.05) is 4.88 Å². The first kappa shape index (κ1) is 17.4. The van der Waals surface area contributed by atoms with Crippen LogP contribution in [0.15, 0.2) is 42.6 Å². The lowest BCUT2D eigenvalue weighted by atomic mass is 10.1. The number of amides is 1. The van der Waals surface area contributed by atoms with Gasteiger partial charge in [-0.25, -0.2) is 4.98 Å². The Bertz CT molecular complexity index is 851. The molecule has 0 aliphatic carbocycles. The molecule has 130 valence electrons. The lowest BCUT2D eigenvalue weighted by molar-refractivity contribution is 0.0938. The number of nitrogens with zero attached hydrogens (tertiary/aromatic N) is 1. The van der Waals surface area contributed by atoms with E-state index in [0.717, 1.165) is 34.8 Å². The zero-order valence-electron chi connectivity index (χ0n) is 14.8. The molecule has 2 N–H and O–H groups in total. The van der Waals surface area contributed by atoms with Crippen LogP contribution in [0.25, 0.3) is 11.3 Å². The van der Waals surface area contributed by atoms with Crippen molar-refractivity contribution in [3.05, 3.63) is 63.7 Å². The van der Waals surface area contributed by atoms with Crippen LogP contribution in [0.2, 0.25) is 0 Å². The normalized spacial score (nSPS) is 12.1. The third kappa shape index (κ3) is 3.82. The van der Waals surface area contributed by atoms with Gasteiger partial charge in [0.25, 0.3) is 5.91 Å². The largest absolute Gasteiger partial charge is 0.341 e. The van der Waals surface area contributed by atoms with Gasteiger partial charge in [-0.05, 0) is 37.0 Å². The molecule has 3 aromatic rings. The fourth-order valence-corrected chi connectivity index (χ4v) is 3.87. The van der Waals surface area contributed by atoms with E-state index in [1.807, 2.05) is 49.5 Å². The molecule has 0 radical (unpaired) electrons. The number of benzene rings is 1. The highest BCUT2D eigenvalue weighted by molar-refractivity contribution is 7.14. The van der Waals surface area contributed by atoms with Gasteiger partial charge in [0.15, 0.2) is 0 Å². The van der Waals surface area contributed by atoms with Crippen LogP contribution in [0.5, 0.6) is 0 Å². The van der Waals surface area contributed by atoms with Gasteiger partial charge in [-0.2, -0.15) is 0 Å². The summed E-state index contributed by atoms with van der Waals surface area (Å²) in [6.07, 6.45) is 3.55. The standard InChI is InChI=1S/C20H23N3OS/c1-4-14-11-18(25-13(14)3)20(24)23-16(5-2)19-21-12-17(22-19)15-9-7-6-8-10-15/h6-12,16H,4-5H2,1-3H3,(H,21,22)(H,23,24). The average molecular weight is 353 g/mol. The molecular formula is C20H23N3OS. The molecule has 25 heavy (non-hydrogen) atoms. The topological polar surface area (TPSA) is 57.8 Å². The summed E-state index contributed by atoms with van der Waals surface area (Å²) in [6.45, 7) is 6.22. The molecule has 0 saturated heterocycles. The molecule has 0 aliphatic rings. The monoisotopic (exact) mass is 353 g/mol. The van der Waals surface area contributed by atoms with Crippen molar-refractivity contribution in [2.24, 2.45) is 0 Å². The van der Waals surface area contributed by atoms with E-state index in [2.05, 4.69) is 29.1 Å². The molecular weight excluding hydrogens is 330 g/mol. The zero-order chi connectivity index (χ0) is 17.8. The van der Waals surface area contributed by atoms with Crippen LogP contribution in [-0.4, -0.2) is 15.9 Å². The van der Waals surface area contributed by atoms with E-state index in [1.54, 1.807) is 11.3 Å². The summed E-state index contributed by atoms with van der Waals surface area (Å²) < 4.78 is 0. The first-order chi connectivity index (χ1) is 12.1. The molecule has 3 rings (SSSR count). The molecule has 1 aromatic carbocycles. The van der Waals surface area contributed by atoms with E-state index in [9.17, 15) is 4.79 Å². The quantitative estimate of drug-likeness (QED) is 0.663. The van der Waals surface area contributed by atoms with Gasteiger partial charge in [0.2, 0.25) is 0 Å². The Morgan fingerprint density at radius 2 is 2.04 bits per heavy atom. The Balaban J connectivity index is 1.76. The van der Waals surface area contributed by atoms with Crippen molar-refractivity contribution in [1.82, 2.24) is 15.3 Å². The Labute approximate surface area is 152 Å². The fraction of sp³-hybridized carbons (Fsp3) is 0.300. The number of carbonyl (C=O) groups is 1. The number of aryl methyl sites for hydroxylation is 2. The maximum absolute atomic E-state index is 12.6. The molecule has 2 heterocycles. The minimum atomic E-state index is -0.127. The van der Waals surface area contributed by atoms with E-state index in [-0.39, 0.29) is 11.9 Å². The fourth-order valence-electron chi connectivity index (χ4n) is 2.85. The SMILES string of the molecule is CCc1cc(C(=O)NC(CC)c2ncc(-c3ccccc3)[nH]2)sc1C. The second-order valence-electron chi connectivity index (χ2n) is 6.03. The van der Waals surface area contributed by atoms with Crippen molar-refractivity contribution in [2.45, 2.75) is 39.7 Å². The van der Waals surface area contributed by atoms with Gasteiger partial charge in [0.05, 0.1) is 22.8 Å². The number of nitrogens with one attached hydrogen (secondary N) is 2. The summed E-state index contributed by atoms with van der Waals surface area (Å²) in [5.41, 5.74) is 3.29. The Morgan fingerprint density at radius 1 is 1.28 bits per heavy atom. The van der Waals surface area contributed by atoms with E-state index >= 15 is 0 Å². The summed E-state index contributed by atoms with van der Waals surface area (Å²) in [5, 5.41) is 3.11. The third-order valence-electron chi connectivity index (χ3n) is 4.35. The second kappa shape index (κ2) is 7.66. The van der Waals surface area contributed by atoms with Crippen LogP contribution in [0.3, 0.4) is 0 Å². The number of thiophene rings is 1. The highest BCUT2D eigenvalue weighted by atomic mass is 32.1. The smallest absolute Gasteiger partial charge is 0.261 e. The minimum Gasteiger partial charge on any atom is -0.341 e. The molecule has 5 heteroatoms. The summed E-state index contributed by atoms with van der Waals surface area (Å²) in [7, 11) is 0. The first-order valence-electron chi connectivity index (χ1n) is 8.62. The summed E-state index contributed by atoms with van der Waals surface area (Å²) in [6, 6.07) is 11.9. The molecule has 1 unspecified atom stereocenters. The average Bonchev–Trinajstić information content (AvgIpc) is 3.27. The molecule has 0 saturated carbocycles. The number of rotatable bonds is 6. The van der Waals surface area contributed by atoms with Crippen LogP contribution in [0, 0.1) is 6.92 Å². The van der Waals surface area contributed by atoms with Crippen molar-refractivity contribution in [1.29, 1.82) is 0 Å². The molecule has 1 amide bonds. The van der Waals surface area contributed by atoms with Gasteiger partial charge in [0.1, 0.15) is 5.82 Å². The van der Waals surface area contributed by atoms with Crippen LogP contribution >= 0.6 is 11.3 Å². The maximum atomic E-state index is 12.6. The lowest BCUT2D eigenvalue weighted by Gasteiger charge is -2.14. The predicted molar refractivity (Wildman–Crippen MR) is 103 cm³/mol. The minimum absolute atomic E-state index is 0.0303. The van der Waals surface area contributed by atoms with E-state index in [1.165, 1.54) is 10.4 Å². The number of hydrogen-bond donors (Lipinski definition) is 2. The second-order valence-corrected chi connectivity index (χ2v) is 7.28. The molecule has 1 atom stereocenters. The van der Waals surface area contributed by atoms with Crippen molar-refractivity contribution < 1.29 is 4.79 Å². The maximum Gasteiger partial charge on any atom is 0.261 e. The number of aromatic nitrogens is 2. The highest BCUT2D eigenvalue weighted by Crippen LogP contribution is 2.24. The Kier molecular flexibility index (Phi) is 5.34. The van der Waals surface area contributed by atoms with E-state index < -0.39 is 0 Å². The van der Waals surface area contributed by atoms with Gasteiger partial charge in [-0.15, -0.1) is 11.3 Å². The van der Waals surface area contributed by atoms with Crippen molar-refractivity contribution in [3.8, 4) is 11.3 Å². The third-order valence-corrected chi connectivity index (χ3v) is 5.44. The van der Waals surface area contributed by atoms with Gasteiger partial charge < -0.3 is 10.3 Å².